The number of ketones is 1. The molecule has 2 rings (SSSR count). The third kappa shape index (κ3) is 0.884. The van der Waals surface area contributed by atoms with E-state index < -0.39 is 0 Å². The predicted molar refractivity (Wildman–Crippen MR) is 48.8 cm³/mol. The minimum absolute atomic E-state index is 0.402. The van der Waals surface area contributed by atoms with Crippen molar-refractivity contribution >= 4 is 5.78 Å². The summed E-state index contributed by atoms with van der Waals surface area (Å²) < 4.78 is 0. The third-order valence-electron chi connectivity index (χ3n) is 4.13. The molecule has 0 radical (unpaired) electrons. The van der Waals surface area contributed by atoms with Crippen LogP contribution in [-0.4, -0.2) is 5.78 Å². The average molecular weight is 166 g/mol. The molecule has 0 aromatic rings. The topological polar surface area (TPSA) is 17.1 Å². The Morgan fingerprint density at radius 3 is 2.67 bits per heavy atom. The lowest BCUT2D eigenvalue weighted by atomic mass is 9.85. The van der Waals surface area contributed by atoms with E-state index >= 15 is 0 Å². The number of Topliss-reactive ketones (excluding diaryl/α,β-unsaturated/α-hetero) is 1. The first kappa shape index (κ1) is 8.28. The molecule has 0 amide bonds. The molecular formula is C11H18O. The summed E-state index contributed by atoms with van der Waals surface area (Å²) in [5, 5.41) is 0. The Kier molecular flexibility index (Phi) is 1.61. The van der Waals surface area contributed by atoms with Crippen LogP contribution in [-0.2, 0) is 4.79 Å². The first-order chi connectivity index (χ1) is 5.59. The van der Waals surface area contributed by atoms with Crippen LogP contribution in [0.25, 0.3) is 0 Å². The zero-order valence-electron chi connectivity index (χ0n) is 8.26. The SMILES string of the molecule is CC[C@@H]1C(=O)CC[C@@H]2[C@H]1C2(C)C. The predicted octanol–water partition coefficient (Wildman–Crippen LogP) is 2.65. The van der Waals surface area contributed by atoms with Crippen molar-refractivity contribution in [1.82, 2.24) is 0 Å². The Hall–Kier alpha value is -0.330. The van der Waals surface area contributed by atoms with Crippen LogP contribution in [0, 0.1) is 23.2 Å². The molecule has 0 spiro atoms. The van der Waals surface area contributed by atoms with Crippen LogP contribution >= 0.6 is 0 Å². The van der Waals surface area contributed by atoms with Gasteiger partial charge in [-0.2, -0.15) is 0 Å². The first-order valence-electron chi connectivity index (χ1n) is 5.11. The van der Waals surface area contributed by atoms with Gasteiger partial charge in [0.15, 0.2) is 0 Å². The molecule has 2 aliphatic rings. The van der Waals surface area contributed by atoms with Gasteiger partial charge in [0.1, 0.15) is 5.78 Å². The highest BCUT2D eigenvalue weighted by Crippen LogP contribution is 2.66. The maximum Gasteiger partial charge on any atom is 0.136 e. The van der Waals surface area contributed by atoms with Crippen molar-refractivity contribution in [3.63, 3.8) is 0 Å². The van der Waals surface area contributed by atoms with Gasteiger partial charge in [-0.3, -0.25) is 4.79 Å². The molecule has 0 aromatic carbocycles. The smallest absolute Gasteiger partial charge is 0.136 e. The van der Waals surface area contributed by atoms with Crippen molar-refractivity contribution in [2.75, 3.05) is 0 Å². The molecule has 0 bridgehead atoms. The molecule has 0 N–H and O–H groups in total. The van der Waals surface area contributed by atoms with Crippen molar-refractivity contribution in [1.29, 1.82) is 0 Å². The molecule has 2 fully saturated rings. The average Bonchev–Trinajstić information content (AvgIpc) is 2.55. The van der Waals surface area contributed by atoms with E-state index in [0.29, 0.717) is 17.1 Å². The standard InChI is InChI=1S/C11H18O/c1-4-7-9(12)6-5-8-10(7)11(8,2)3/h7-8,10H,4-6H2,1-3H3/t7-,8-,10+/m1/s1. The zero-order chi connectivity index (χ0) is 8.93. The fourth-order valence-corrected chi connectivity index (χ4v) is 3.30. The van der Waals surface area contributed by atoms with Gasteiger partial charge in [-0.15, -0.1) is 0 Å². The number of hydrogen-bond donors (Lipinski definition) is 0. The van der Waals surface area contributed by atoms with Gasteiger partial charge < -0.3 is 0 Å². The molecule has 12 heavy (non-hydrogen) atoms. The minimum atomic E-state index is 0.402. The Morgan fingerprint density at radius 2 is 2.17 bits per heavy atom. The molecule has 3 atom stereocenters. The van der Waals surface area contributed by atoms with E-state index in [2.05, 4.69) is 20.8 Å². The molecule has 0 heterocycles. The number of rotatable bonds is 1. The van der Waals surface area contributed by atoms with Crippen LogP contribution in [0.4, 0.5) is 0 Å². The quantitative estimate of drug-likeness (QED) is 0.585. The van der Waals surface area contributed by atoms with Gasteiger partial charge in [0.25, 0.3) is 0 Å². The van der Waals surface area contributed by atoms with Gasteiger partial charge in [-0.25, -0.2) is 0 Å². The van der Waals surface area contributed by atoms with Crippen molar-refractivity contribution in [3.05, 3.63) is 0 Å². The maximum absolute atomic E-state index is 11.6. The highest BCUT2D eigenvalue weighted by Gasteiger charge is 2.62. The number of fused-ring (bicyclic) bond motifs is 1. The lowest BCUT2D eigenvalue weighted by Gasteiger charge is -2.18. The number of hydrogen-bond acceptors (Lipinski definition) is 1. The van der Waals surface area contributed by atoms with E-state index in [1.54, 1.807) is 0 Å². The molecule has 0 saturated heterocycles. The second-order valence-corrected chi connectivity index (χ2v) is 4.97. The Morgan fingerprint density at radius 1 is 1.50 bits per heavy atom. The lowest BCUT2D eigenvalue weighted by Crippen LogP contribution is -2.21. The van der Waals surface area contributed by atoms with Gasteiger partial charge >= 0.3 is 0 Å². The molecule has 0 aromatic heterocycles. The summed E-state index contributed by atoms with van der Waals surface area (Å²) >= 11 is 0. The Balaban J connectivity index is 2.17. The van der Waals surface area contributed by atoms with Gasteiger partial charge in [0, 0.05) is 12.3 Å². The zero-order valence-corrected chi connectivity index (χ0v) is 8.26. The molecule has 1 nitrogen and oxygen atoms in total. The second kappa shape index (κ2) is 2.34. The van der Waals surface area contributed by atoms with E-state index in [4.69, 9.17) is 0 Å². The van der Waals surface area contributed by atoms with Crippen LogP contribution in [0.1, 0.15) is 40.0 Å². The molecule has 0 aliphatic heterocycles. The van der Waals surface area contributed by atoms with Crippen LogP contribution in [0.5, 0.6) is 0 Å². The van der Waals surface area contributed by atoms with Gasteiger partial charge in [0.05, 0.1) is 0 Å². The monoisotopic (exact) mass is 166 g/mol. The van der Waals surface area contributed by atoms with E-state index in [1.165, 1.54) is 0 Å². The van der Waals surface area contributed by atoms with Gasteiger partial charge in [-0.1, -0.05) is 20.8 Å². The normalized spacial score (nSPS) is 43.9. The maximum atomic E-state index is 11.6. The summed E-state index contributed by atoms with van der Waals surface area (Å²) in [6.45, 7) is 6.80. The molecular weight excluding hydrogens is 148 g/mol. The first-order valence-corrected chi connectivity index (χ1v) is 5.11. The highest BCUT2D eigenvalue weighted by atomic mass is 16.1. The summed E-state index contributed by atoms with van der Waals surface area (Å²) in [5.74, 6) is 2.52. The van der Waals surface area contributed by atoms with E-state index in [9.17, 15) is 4.79 Å². The molecule has 68 valence electrons. The van der Waals surface area contributed by atoms with Crippen molar-refractivity contribution in [2.24, 2.45) is 23.2 Å². The van der Waals surface area contributed by atoms with Gasteiger partial charge in [0.2, 0.25) is 0 Å². The summed E-state index contributed by atoms with van der Waals surface area (Å²) in [5.41, 5.74) is 0.479. The minimum Gasteiger partial charge on any atom is -0.299 e. The van der Waals surface area contributed by atoms with Crippen molar-refractivity contribution in [3.8, 4) is 0 Å². The third-order valence-corrected chi connectivity index (χ3v) is 4.13. The molecule has 2 aliphatic carbocycles. The summed E-state index contributed by atoms with van der Waals surface area (Å²) in [6.07, 6.45) is 3.07. The second-order valence-electron chi connectivity index (χ2n) is 4.97. The van der Waals surface area contributed by atoms with Crippen molar-refractivity contribution < 1.29 is 4.79 Å². The molecule has 0 unspecified atom stereocenters. The summed E-state index contributed by atoms with van der Waals surface area (Å²) in [6, 6.07) is 0. The van der Waals surface area contributed by atoms with Crippen LogP contribution < -0.4 is 0 Å². The Bertz CT molecular complexity index is 217. The largest absolute Gasteiger partial charge is 0.299 e. The van der Waals surface area contributed by atoms with Crippen LogP contribution in [0.15, 0.2) is 0 Å². The van der Waals surface area contributed by atoms with E-state index in [-0.39, 0.29) is 0 Å². The Labute approximate surface area is 74.5 Å². The van der Waals surface area contributed by atoms with E-state index in [1.807, 2.05) is 0 Å². The van der Waals surface area contributed by atoms with Crippen LogP contribution in [0.3, 0.4) is 0 Å². The fourth-order valence-electron chi connectivity index (χ4n) is 3.30. The highest BCUT2D eigenvalue weighted by molar-refractivity contribution is 5.83. The summed E-state index contributed by atoms with van der Waals surface area (Å²) in [4.78, 5) is 11.6. The fraction of sp³-hybridized carbons (Fsp3) is 0.909. The number of carbonyl (C=O) groups excluding carboxylic acids is 1. The summed E-state index contributed by atoms with van der Waals surface area (Å²) in [7, 11) is 0. The number of carbonyl (C=O) groups is 1. The molecule has 2 saturated carbocycles. The van der Waals surface area contributed by atoms with E-state index in [0.717, 1.165) is 31.1 Å². The van der Waals surface area contributed by atoms with Gasteiger partial charge in [-0.05, 0) is 30.1 Å². The molecule has 1 heteroatoms. The van der Waals surface area contributed by atoms with Crippen LogP contribution in [0.2, 0.25) is 0 Å². The van der Waals surface area contributed by atoms with Crippen molar-refractivity contribution in [2.45, 2.75) is 40.0 Å². The lowest BCUT2D eigenvalue weighted by molar-refractivity contribution is -0.125.